The quantitative estimate of drug-likeness (QED) is 0.872. The van der Waals surface area contributed by atoms with E-state index >= 15 is 0 Å². The van der Waals surface area contributed by atoms with E-state index in [-0.39, 0.29) is 25.0 Å². The maximum Gasteiger partial charge on any atom is 0.260 e. The number of benzene rings is 1. The molecule has 1 aliphatic heterocycles. The predicted octanol–water partition coefficient (Wildman–Crippen LogP) is 2.04. The molecule has 0 spiro atoms. The number of likely N-dealkylation sites (tertiary alicyclic amines) is 1. The van der Waals surface area contributed by atoms with Crippen molar-refractivity contribution in [3.05, 3.63) is 27.1 Å². The van der Waals surface area contributed by atoms with Gasteiger partial charge in [0.05, 0.1) is 4.47 Å². The maximum absolute atomic E-state index is 11.7. The molecule has 1 saturated heterocycles. The second kappa shape index (κ2) is 6.04. The first kappa shape index (κ1) is 13.8. The molecule has 0 bridgehead atoms. The number of aliphatic hydroxyl groups excluding tert-OH is 1. The number of hydrogen-bond donors (Lipinski definition) is 1. The van der Waals surface area contributed by atoms with Crippen molar-refractivity contribution in [1.29, 1.82) is 0 Å². The standard InChI is InChI=1S/C12H13Br2NO3/c13-9-1-2-11(10(14)3-9)18-7-12(17)15-4-8(5-15)6-16/h1-3,8,16H,4-7H2. The van der Waals surface area contributed by atoms with Crippen molar-refractivity contribution in [3.63, 3.8) is 0 Å². The molecule has 1 N–H and O–H groups in total. The van der Waals surface area contributed by atoms with E-state index in [2.05, 4.69) is 31.9 Å². The number of nitrogens with zero attached hydrogens (tertiary/aromatic N) is 1. The van der Waals surface area contributed by atoms with Crippen molar-refractivity contribution < 1.29 is 14.6 Å². The lowest BCUT2D eigenvalue weighted by molar-refractivity contribution is -0.140. The van der Waals surface area contributed by atoms with Crippen LogP contribution in [0.5, 0.6) is 5.75 Å². The molecule has 0 aliphatic carbocycles. The van der Waals surface area contributed by atoms with Crippen LogP contribution in [0, 0.1) is 5.92 Å². The van der Waals surface area contributed by atoms with E-state index in [0.717, 1.165) is 8.95 Å². The van der Waals surface area contributed by atoms with Gasteiger partial charge in [0.15, 0.2) is 6.61 Å². The Labute approximate surface area is 122 Å². The van der Waals surface area contributed by atoms with Crippen LogP contribution in [-0.4, -0.2) is 42.2 Å². The molecule has 0 saturated carbocycles. The van der Waals surface area contributed by atoms with Gasteiger partial charge in [-0.1, -0.05) is 15.9 Å². The first-order chi connectivity index (χ1) is 8.60. The Bertz CT molecular complexity index is 447. The van der Waals surface area contributed by atoms with Crippen molar-refractivity contribution >= 4 is 37.8 Å². The average Bonchev–Trinajstić information content (AvgIpc) is 2.26. The third-order valence-corrected chi connectivity index (χ3v) is 3.93. The van der Waals surface area contributed by atoms with Crippen LogP contribution in [0.2, 0.25) is 0 Å². The van der Waals surface area contributed by atoms with E-state index in [1.165, 1.54) is 0 Å². The highest BCUT2D eigenvalue weighted by Crippen LogP contribution is 2.28. The van der Waals surface area contributed by atoms with Crippen molar-refractivity contribution in [1.82, 2.24) is 4.90 Å². The monoisotopic (exact) mass is 377 g/mol. The van der Waals surface area contributed by atoms with Gasteiger partial charge >= 0.3 is 0 Å². The number of carbonyl (C=O) groups is 1. The van der Waals surface area contributed by atoms with Gasteiger partial charge < -0.3 is 14.7 Å². The third-order valence-electron chi connectivity index (χ3n) is 2.81. The number of halogens is 2. The van der Waals surface area contributed by atoms with Crippen LogP contribution in [0.4, 0.5) is 0 Å². The molecule has 0 atom stereocenters. The summed E-state index contributed by atoms with van der Waals surface area (Å²) >= 11 is 6.72. The minimum absolute atomic E-state index is 0.0262. The van der Waals surface area contributed by atoms with Gasteiger partial charge in [0, 0.05) is 30.1 Å². The van der Waals surface area contributed by atoms with Crippen LogP contribution in [0.1, 0.15) is 0 Å². The summed E-state index contributed by atoms with van der Waals surface area (Å²) < 4.78 is 7.21. The van der Waals surface area contributed by atoms with E-state index in [9.17, 15) is 4.79 Å². The molecule has 6 heteroatoms. The molecular weight excluding hydrogens is 366 g/mol. The number of hydrogen-bond acceptors (Lipinski definition) is 3. The van der Waals surface area contributed by atoms with Gasteiger partial charge in [-0.15, -0.1) is 0 Å². The molecular formula is C12H13Br2NO3. The largest absolute Gasteiger partial charge is 0.483 e. The molecule has 1 fully saturated rings. The van der Waals surface area contributed by atoms with Gasteiger partial charge in [0.2, 0.25) is 0 Å². The summed E-state index contributed by atoms with van der Waals surface area (Å²) in [7, 11) is 0. The van der Waals surface area contributed by atoms with Crippen molar-refractivity contribution in [2.75, 3.05) is 26.3 Å². The summed E-state index contributed by atoms with van der Waals surface area (Å²) in [5.74, 6) is 0.827. The third kappa shape index (κ3) is 3.24. The van der Waals surface area contributed by atoms with Crippen molar-refractivity contribution in [3.8, 4) is 5.75 Å². The summed E-state index contributed by atoms with van der Waals surface area (Å²) in [6.07, 6.45) is 0. The molecule has 1 amide bonds. The van der Waals surface area contributed by atoms with Crippen molar-refractivity contribution in [2.45, 2.75) is 0 Å². The molecule has 0 radical (unpaired) electrons. The Balaban J connectivity index is 1.83. The van der Waals surface area contributed by atoms with Crippen LogP contribution in [-0.2, 0) is 4.79 Å². The second-order valence-electron chi connectivity index (χ2n) is 4.21. The van der Waals surface area contributed by atoms with Gasteiger partial charge in [-0.2, -0.15) is 0 Å². The molecule has 1 aliphatic rings. The summed E-state index contributed by atoms with van der Waals surface area (Å²) in [5.41, 5.74) is 0. The molecule has 1 heterocycles. The van der Waals surface area contributed by atoms with Crippen LogP contribution < -0.4 is 4.74 Å². The van der Waals surface area contributed by atoms with Crippen LogP contribution >= 0.6 is 31.9 Å². The fourth-order valence-corrected chi connectivity index (χ4v) is 2.87. The van der Waals surface area contributed by atoms with Crippen LogP contribution in [0.25, 0.3) is 0 Å². The Hall–Kier alpha value is -0.590. The minimum atomic E-state index is -0.0467. The molecule has 1 aromatic carbocycles. The number of rotatable bonds is 4. The zero-order valence-corrected chi connectivity index (χ0v) is 12.8. The SMILES string of the molecule is O=C(COc1ccc(Br)cc1Br)N1CC(CO)C1. The summed E-state index contributed by atoms with van der Waals surface area (Å²) in [4.78, 5) is 13.4. The maximum atomic E-state index is 11.7. The summed E-state index contributed by atoms with van der Waals surface area (Å²) in [5, 5.41) is 8.88. The van der Waals surface area contributed by atoms with E-state index in [1.807, 2.05) is 12.1 Å². The molecule has 2 rings (SSSR count). The van der Waals surface area contributed by atoms with Gasteiger partial charge in [-0.25, -0.2) is 0 Å². The molecule has 0 unspecified atom stereocenters. The predicted molar refractivity (Wildman–Crippen MR) is 74.5 cm³/mol. The number of carbonyl (C=O) groups excluding carboxylic acids is 1. The van der Waals surface area contributed by atoms with E-state index < -0.39 is 0 Å². The van der Waals surface area contributed by atoms with Crippen LogP contribution in [0.3, 0.4) is 0 Å². The summed E-state index contributed by atoms with van der Waals surface area (Å²) in [6, 6.07) is 5.52. The number of aliphatic hydroxyl groups is 1. The Morgan fingerprint density at radius 1 is 1.44 bits per heavy atom. The van der Waals surface area contributed by atoms with Gasteiger partial charge in [0.1, 0.15) is 5.75 Å². The molecule has 18 heavy (non-hydrogen) atoms. The zero-order chi connectivity index (χ0) is 13.1. The smallest absolute Gasteiger partial charge is 0.260 e. The average molecular weight is 379 g/mol. The Morgan fingerprint density at radius 2 is 2.17 bits per heavy atom. The fraction of sp³-hybridized carbons (Fsp3) is 0.417. The second-order valence-corrected chi connectivity index (χ2v) is 5.98. The zero-order valence-electron chi connectivity index (χ0n) is 9.60. The Morgan fingerprint density at radius 3 is 2.78 bits per heavy atom. The molecule has 1 aromatic rings. The van der Waals surface area contributed by atoms with Gasteiger partial charge in [0.25, 0.3) is 5.91 Å². The highest BCUT2D eigenvalue weighted by molar-refractivity contribution is 9.11. The van der Waals surface area contributed by atoms with Crippen LogP contribution in [0.15, 0.2) is 27.1 Å². The first-order valence-electron chi connectivity index (χ1n) is 5.56. The molecule has 98 valence electrons. The lowest BCUT2D eigenvalue weighted by atomic mass is 10.0. The topological polar surface area (TPSA) is 49.8 Å². The highest BCUT2D eigenvalue weighted by Gasteiger charge is 2.29. The fourth-order valence-electron chi connectivity index (χ4n) is 1.71. The first-order valence-corrected chi connectivity index (χ1v) is 7.15. The van der Waals surface area contributed by atoms with E-state index in [1.54, 1.807) is 11.0 Å². The molecule has 4 nitrogen and oxygen atoms in total. The Kier molecular flexibility index (Phi) is 4.64. The van der Waals surface area contributed by atoms with Gasteiger partial charge in [-0.3, -0.25) is 4.79 Å². The lowest BCUT2D eigenvalue weighted by Crippen LogP contribution is -2.52. The highest BCUT2D eigenvalue weighted by atomic mass is 79.9. The summed E-state index contributed by atoms with van der Waals surface area (Å²) in [6.45, 7) is 1.42. The van der Waals surface area contributed by atoms with E-state index in [0.29, 0.717) is 18.8 Å². The minimum Gasteiger partial charge on any atom is -0.483 e. The van der Waals surface area contributed by atoms with Gasteiger partial charge in [-0.05, 0) is 34.1 Å². The normalized spacial score (nSPS) is 15.4. The number of amides is 1. The van der Waals surface area contributed by atoms with E-state index in [4.69, 9.17) is 9.84 Å². The lowest BCUT2D eigenvalue weighted by Gasteiger charge is -2.38. The van der Waals surface area contributed by atoms with Crippen molar-refractivity contribution in [2.24, 2.45) is 5.92 Å². The number of ether oxygens (including phenoxy) is 1. The molecule has 0 aromatic heterocycles.